The predicted molar refractivity (Wildman–Crippen MR) is 75.7 cm³/mol. The lowest BCUT2D eigenvalue weighted by molar-refractivity contribution is 0.0983. The molecule has 106 valence electrons. The molecule has 0 saturated carbocycles. The summed E-state index contributed by atoms with van der Waals surface area (Å²) in [5.41, 5.74) is 8.03. The summed E-state index contributed by atoms with van der Waals surface area (Å²) in [6.07, 6.45) is 1.17. The van der Waals surface area contributed by atoms with Crippen LogP contribution >= 0.6 is 0 Å². The molecule has 1 aliphatic rings. The molecule has 1 heterocycles. The maximum atomic E-state index is 12.3. The van der Waals surface area contributed by atoms with Gasteiger partial charge in [0.15, 0.2) is 9.84 Å². The van der Waals surface area contributed by atoms with Crippen LogP contribution in [0.5, 0.6) is 0 Å². The van der Waals surface area contributed by atoms with Crippen LogP contribution in [0.3, 0.4) is 0 Å². The van der Waals surface area contributed by atoms with E-state index in [1.54, 1.807) is 0 Å². The summed E-state index contributed by atoms with van der Waals surface area (Å²) in [5.74, 6) is 0.0164. The first-order chi connectivity index (χ1) is 9.00. The zero-order chi connectivity index (χ0) is 13.9. The second-order valence-corrected chi connectivity index (χ2v) is 7.43. The Balaban J connectivity index is 2.09. The van der Waals surface area contributed by atoms with E-state index in [1.165, 1.54) is 0 Å². The predicted octanol–water partition coefficient (Wildman–Crippen LogP) is 1.59. The van der Waals surface area contributed by atoms with E-state index in [1.807, 2.05) is 31.2 Å². The largest absolute Gasteiger partial charge is 0.381 e. The first-order valence-electron chi connectivity index (χ1n) is 6.61. The Morgan fingerprint density at radius 1 is 1.32 bits per heavy atom. The van der Waals surface area contributed by atoms with Crippen molar-refractivity contribution in [2.75, 3.05) is 19.0 Å². The lowest BCUT2D eigenvalue weighted by Crippen LogP contribution is -2.34. The number of aryl methyl sites for hydroxylation is 1. The average Bonchev–Trinajstić information content (AvgIpc) is 2.39. The van der Waals surface area contributed by atoms with E-state index in [-0.39, 0.29) is 11.0 Å². The Bertz CT molecular complexity index is 521. The van der Waals surface area contributed by atoms with Crippen LogP contribution in [0.25, 0.3) is 0 Å². The number of hydrogen-bond acceptors (Lipinski definition) is 4. The molecule has 0 aromatic heterocycles. The molecule has 19 heavy (non-hydrogen) atoms. The van der Waals surface area contributed by atoms with Crippen LogP contribution in [0, 0.1) is 6.92 Å². The molecule has 1 fully saturated rings. The fourth-order valence-electron chi connectivity index (χ4n) is 2.51. The third-order valence-corrected chi connectivity index (χ3v) is 5.99. The molecule has 0 bridgehead atoms. The van der Waals surface area contributed by atoms with Crippen molar-refractivity contribution in [2.45, 2.75) is 31.1 Å². The van der Waals surface area contributed by atoms with Crippen molar-refractivity contribution in [3.05, 3.63) is 35.4 Å². The topological polar surface area (TPSA) is 69.4 Å². The molecular formula is C14H21NO3S. The Hall–Kier alpha value is -0.910. The van der Waals surface area contributed by atoms with Gasteiger partial charge in [-0.15, -0.1) is 0 Å². The van der Waals surface area contributed by atoms with Gasteiger partial charge in [0, 0.05) is 19.3 Å². The van der Waals surface area contributed by atoms with Crippen LogP contribution in [0.2, 0.25) is 0 Å². The lowest BCUT2D eigenvalue weighted by atomic mass is 10.0. The monoisotopic (exact) mass is 283 g/mol. The molecule has 1 aliphatic heterocycles. The molecule has 1 saturated heterocycles. The van der Waals surface area contributed by atoms with E-state index in [0.29, 0.717) is 26.1 Å². The van der Waals surface area contributed by atoms with E-state index in [9.17, 15) is 8.42 Å². The summed E-state index contributed by atoms with van der Waals surface area (Å²) in [5, 5.41) is -0.295. The van der Waals surface area contributed by atoms with Gasteiger partial charge in [-0.3, -0.25) is 0 Å². The first kappa shape index (κ1) is 14.5. The van der Waals surface area contributed by atoms with Crippen LogP contribution in [0.15, 0.2) is 24.3 Å². The smallest absolute Gasteiger partial charge is 0.155 e. The molecule has 1 aromatic carbocycles. The zero-order valence-corrected chi connectivity index (χ0v) is 12.0. The number of nitrogens with two attached hydrogens (primary N) is 1. The molecule has 1 atom stereocenters. The van der Waals surface area contributed by atoms with Gasteiger partial charge in [-0.1, -0.05) is 24.3 Å². The van der Waals surface area contributed by atoms with Crippen molar-refractivity contribution < 1.29 is 13.2 Å². The summed E-state index contributed by atoms with van der Waals surface area (Å²) < 4.78 is 29.9. The van der Waals surface area contributed by atoms with E-state index in [0.717, 1.165) is 11.1 Å². The van der Waals surface area contributed by atoms with Gasteiger partial charge >= 0.3 is 0 Å². The van der Waals surface area contributed by atoms with Crippen LogP contribution < -0.4 is 5.73 Å². The third-order valence-electron chi connectivity index (χ3n) is 3.68. The molecule has 1 aromatic rings. The minimum Gasteiger partial charge on any atom is -0.381 e. The molecule has 4 nitrogen and oxygen atoms in total. The minimum absolute atomic E-state index is 0.0164. The van der Waals surface area contributed by atoms with Gasteiger partial charge < -0.3 is 10.5 Å². The first-order valence-corrected chi connectivity index (χ1v) is 8.32. The molecule has 0 radical (unpaired) electrons. The van der Waals surface area contributed by atoms with Gasteiger partial charge in [0.25, 0.3) is 0 Å². The average molecular weight is 283 g/mol. The van der Waals surface area contributed by atoms with Crippen molar-refractivity contribution in [1.29, 1.82) is 0 Å². The van der Waals surface area contributed by atoms with Crippen molar-refractivity contribution >= 4 is 9.84 Å². The molecule has 0 aliphatic carbocycles. The number of benzene rings is 1. The maximum absolute atomic E-state index is 12.3. The van der Waals surface area contributed by atoms with Gasteiger partial charge in [-0.25, -0.2) is 8.42 Å². The second-order valence-electron chi connectivity index (χ2n) is 5.10. The molecule has 0 spiro atoms. The van der Waals surface area contributed by atoms with E-state index < -0.39 is 15.9 Å². The molecule has 5 heteroatoms. The Morgan fingerprint density at radius 3 is 2.58 bits per heavy atom. The molecule has 2 rings (SSSR count). The second kappa shape index (κ2) is 6.03. The Kier molecular flexibility index (Phi) is 4.60. The summed E-state index contributed by atoms with van der Waals surface area (Å²) in [6, 6.07) is 7.23. The standard InChI is InChI=1S/C14H21NO3S/c1-11-4-2-3-5-13(11)14(15)10-19(16,17)12-6-8-18-9-7-12/h2-5,12,14H,6-10,15H2,1H3. The van der Waals surface area contributed by atoms with Gasteiger partial charge in [0.05, 0.1) is 11.0 Å². The molecule has 0 amide bonds. The van der Waals surface area contributed by atoms with Crippen LogP contribution in [0.4, 0.5) is 0 Å². The summed E-state index contributed by atoms with van der Waals surface area (Å²) in [6.45, 7) is 3.02. The SMILES string of the molecule is Cc1ccccc1C(N)CS(=O)(=O)C1CCOCC1. The number of hydrogen-bond donors (Lipinski definition) is 1. The molecular weight excluding hydrogens is 262 g/mol. The van der Waals surface area contributed by atoms with Crippen molar-refractivity contribution in [1.82, 2.24) is 0 Å². The summed E-state index contributed by atoms with van der Waals surface area (Å²) in [7, 11) is -3.15. The minimum atomic E-state index is -3.15. The highest BCUT2D eigenvalue weighted by Crippen LogP contribution is 2.22. The zero-order valence-electron chi connectivity index (χ0n) is 11.2. The van der Waals surface area contributed by atoms with Crippen molar-refractivity contribution in [3.63, 3.8) is 0 Å². The summed E-state index contributed by atoms with van der Waals surface area (Å²) >= 11 is 0. The van der Waals surface area contributed by atoms with Crippen molar-refractivity contribution in [3.8, 4) is 0 Å². The highest BCUT2D eigenvalue weighted by atomic mass is 32.2. The molecule has 1 unspecified atom stereocenters. The van der Waals surface area contributed by atoms with E-state index >= 15 is 0 Å². The fourth-order valence-corrected chi connectivity index (χ4v) is 4.38. The van der Waals surface area contributed by atoms with Crippen LogP contribution in [-0.2, 0) is 14.6 Å². The lowest BCUT2D eigenvalue weighted by Gasteiger charge is -2.24. The maximum Gasteiger partial charge on any atom is 0.155 e. The third kappa shape index (κ3) is 3.55. The van der Waals surface area contributed by atoms with Crippen LogP contribution in [0.1, 0.15) is 30.0 Å². The van der Waals surface area contributed by atoms with Gasteiger partial charge in [0.1, 0.15) is 0 Å². The quantitative estimate of drug-likeness (QED) is 0.911. The van der Waals surface area contributed by atoms with Gasteiger partial charge in [0.2, 0.25) is 0 Å². The summed E-state index contributed by atoms with van der Waals surface area (Å²) in [4.78, 5) is 0. The van der Waals surface area contributed by atoms with Crippen LogP contribution in [-0.4, -0.2) is 32.6 Å². The van der Waals surface area contributed by atoms with Gasteiger partial charge in [-0.05, 0) is 30.9 Å². The van der Waals surface area contributed by atoms with Gasteiger partial charge in [-0.2, -0.15) is 0 Å². The number of sulfone groups is 1. The number of ether oxygens (including phenoxy) is 1. The highest BCUT2D eigenvalue weighted by molar-refractivity contribution is 7.92. The Labute approximate surface area is 114 Å². The van der Waals surface area contributed by atoms with Crippen molar-refractivity contribution in [2.24, 2.45) is 5.73 Å². The van der Waals surface area contributed by atoms with E-state index in [4.69, 9.17) is 10.5 Å². The van der Waals surface area contributed by atoms with E-state index in [2.05, 4.69) is 0 Å². The molecule has 2 N–H and O–H groups in total. The normalized spacial score (nSPS) is 19.3. The highest BCUT2D eigenvalue weighted by Gasteiger charge is 2.29. The fraction of sp³-hybridized carbons (Fsp3) is 0.571. The number of rotatable bonds is 4. The Morgan fingerprint density at radius 2 is 1.95 bits per heavy atom.